The van der Waals surface area contributed by atoms with Crippen LogP contribution >= 0.6 is 11.3 Å². The van der Waals surface area contributed by atoms with E-state index >= 15 is 0 Å². The molecule has 3 N–H and O–H groups in total. The first-order chi connectivity index (χ1) is 9.39. The van der Waals surface area contributed by atoms with Crippen molar-refractivity contribution in [2.45, 2.75) is 50.6 Å². The summed E-state index contributed by atoms with van der Waals surface area (Å²) in [5.41, 5.74) is 5.34. The van der Waals surface area contributed by atoms with Crippen LogP contribution in [0.25, 0.3) is 4.96 Å². The second-order valence-corrected chi connectivity index (χ2v) is 7.27. The molecule has 0 unspecified atom stereocenters. The molecule has 6 nitrogen and oxygen atoms in total. The number of fused-ring (bicyclic) bond motifs is 1. The van der Waals surface area contributed by atoms with Crippen molar-refractivity contribution in [2.75, 3.05) is 5.73 Å². The van der Waals surface area contributed by atoms with Gasteiger partial charge in [-0.05, 0) is 19.3 Å². The first kappa shape index (κ1) is 15.3. The van der Waals surface area contributed by atoms with Gasteiger partial charge in [0.25, 0.3) is 10.0 Å². The molecular formula is C12H20N4O2S2. The molecule has 0 radical (unpaired) electrons. The molecule has 0 spiro atoms. The predicted molar refractivity (Wildman–Crippen MR) is 81.4 cm³/mol. The largest absolute Gasteiger partial charge is 0.381 e. The highest BCUT2D eigenvalue weighted by Gasteiger charge is 2.33. The monoisotopic (exact) mass is 316 g/mol. The summed E-state index contributed by atoms with van der Waals surface area (Å²) in [6, 6.07) is 0. The summed E-state index contributed by atoms with van der Waals surface area (Å²) < 4.78 is 29.7. The molecule has 0 saturated carbocycles. The van der Waals surface area contributed by atoms with Crippen molar-refractivity contribution < 1.29 is 8.42 Å². The number of nitrogen functional groups attached to an aromatic ring is 1. The van der Waals surface area contributed by atoms with Gasteiger partial charge in [-0.15, -0.1) is 11.3 Å². The highest BCUT2D eigenvalue weighted by Crippen LogP contribution is 2.27. The van der Waals surface area contributed by atoms with Gasteiger partial charge >= 0.3 is 0 Å². The molecule has 0 aliphatic heterocycles. The Hall–Kier alpha value is -1.12. The zero-order valence-electron chi connectivity index (χ0n) is 11.9. The zero-order chi connectivity index (χ0) is 15.0. The molecule has 0 aromatic carbocycles. The molecule has 0 bridgehead atoms. The molecular weight excluding hydrogens is 296 g/mol. The normalized spacial score (nSPS) is 13.2. The topological polar surface area (TPSA) is 89.5 Å². The first-order valence-corrected chi connectivity index (χ1v) is 9.00. The van der Waals surface area contributed by atoms with Gasteiger partial charge in [-0.1, -0.05) is 20.8 Å². The molecule has 2 aromatic heterocycles. The van der Waals surface area contributed by atoms with Crippen LogP contribution in [0.4, 0.5) is 5.82 Å². The number of hydrogen-bond acceptors (Lipinski definition) is 5. The van der Waals surface area contributed by atoms with Crippen molar-refractivity contribution in [3.63, 3.8) is 0 Å². The fourth-order valence-corrected chi connectivity index (χ4v) is 4.95. The number of imidazole rings is 1. The van der Waals surface area contributed by atoms with Crippen LogP contribution < -0.4 is 10.5 Å². The average Bonchev–Trinajstić information content (AvgIpc) is 2.95. The first-order valence-electron chi connectivity index (χ1n) is 6.64. The van der Waals surface area contributed by atoms with Crippen LogP contribution in [0.3, 0.4) is 0 Å². The third-order valence-corrected chi connectivity index (χ3v) is 6.25. The maximum atomic E-state index is 12.7. The molecule has 0 fully saturated rings. The van der Waals surface area contributed by atoms with E-state index in [1.54, 1.807) is 11.6 Å². The van der Waals surface area contributed by atoms with Crippen LogP contribution in [0.15, 0.2) is 16.6 Å². The second-order valence-electron chi connectivity index (χ2n) is 4.80. The summed E-state index contributed by atoms with van der Waals surface area (Å²) in [5, 5.41) is 1.82. The Kier molecular flexibility index (Phi) is 4.08. The number of thiazole rings is 1. The van der Waals surface area contributed by atoms with E-state index in [0.29, 0.717) is 4.96 Å². The van der Waals surface area contributed by atoms with Gasteiger partial charge in [-0.25, -0.2) is 18.1 Å². The van der Waals surface area contributed by atoms with Crippen LogP contribution in [0.2, 0.25) is 0 Å². The average molecular weight is 316 g/mol. The van der Waals surface area contributed by atoms with E-state index in [0.717, 1.165) is 19.3 Å². The van der Waals surface area contributed by atoms with Gasteiger partial charge in [-0.2, -0.15) is 0 Å². The van der Waals surface area contributed by atoms with Crippen LogP contribution in [-0.2, 0) is 10.0 Å². The summed E-state index contributed by atoms with van der Waals surface area (Å²) in [6.45, 7) is 5.94. The van der Waals surface area contributed by atoms with E-state index < -0.39 is 15.6 Å². The molecule has 0 saturated heterocycles. The summed E-state index contributed by atoms with van der Waals surface area (Å²) in [7, 11) is -3.71. The van der Waals surface area contributed by atoms with Gasteiger partial charge in [0.1, 0.15) is 0 Å². The van der Waals surface area contributed by atoms with Crippen LogP contribution in [0.1, 0.15) is 40.0 Å². The zero-order valence-corrected chi connectivity index (χ0v) is 13.5. The number of nitrogens with one attached hydrogen (secondary N) is 1. The maximum absolute atomic E-state index is 12.7. The highest BCUT2D eigenvalue weighted by atomic mass is 32.2. The molecule has 112 valence electrons. The Bertz CT molecular complexity index is 690. The molecule has 2 aromatic rings. The van der Waals surface area contributed by atoms with Crippen LogP contribution in [0, 0.1) is 0 Å². The minimum absolute atomic E-state index is 0.0356. The lowest BCUT2D eigenvalue weighted by Gasteiger charge is -2.31. The smallest absolute Gasteiger partial charge is 0.260 e. The number of nitrogens with zero attached hydrogens (tertiary/aromatic N) is 2. The van der Waals surface area contributed by atoms with E-state index in [1.807, 2.05) is 20.8 Å². The van der Waals surface area contributed by atoms with Gasteiger partial charge in [0.05, 0.1) is 0 Å². The third-order valence-electron chi connectivity index (χ3n) is 3.88. The van der Waals surface area contributed by atoms with E-state index in [2.05, 4.69) is 9.71 Å². The SMILES string of the molecule is CCC(CC)(CC)NS(=O)(=O)c1c(N)nc2sccn12. The van der Waals surface area contributed by atoms with Crippen molar-refractivity contribution in [1.29, 1.82) is 0 Å². The van der Waals surface area contributed by atoms with Gasteiger partial charge in [0.15, 0.2) is 15.8 Å². The minimum atomic E-state index is -3.71. The van der Waals surface area contributed by atoms with Gasteiger partial charge < -0.3 is 5.73 Å². The Balaban J connectivity index is 2.50. The van der Waals surface area contributed by atoms with Crippen molar-refractivity contribution in [2.24, 2.45) is 0 Å². The quantitative estimate of drug-likeness (QED) is 0.855. The summed E-state index contributed by atoms with van der Waals surface area (Å²) in [6.07, 6.45) is 3.85. The number of aromatic nitrogens is 2. The van der Waals surface area contributed by atoms with Crippen molar-refractivity contribution in [1.82, 2.24) is 14.1 Å². The lowest BCUT2D eigenvalue weighted by molar-refractivity contribution is 0.341. The van der Waals surface area contributed by atoms with Crippen LogP contribution in [-0.4, -0.2) is 23.3 Å². The predicted octanol–water partition coefficient (Wildman–Crippen LogP) is 2.23. The molecule has 0 atom stereocenters. The molecule has 0 aliphatic rings. The summed E-state index contributed by atoms with van der Waals surface area (Å²) >= 11 is 1.35. The fourth-order valence-electron chi connectivity index (χ4n) is 2.35. The molecule has 20 heavy (non-hydrogen) atoms. The summed E-state index contributed by atoms with van der Waals surface area (Å²) in [4.78, 5) is 4.67. The van der Waals surface area contributed by atoms with E-state index in [-0.39, 0.29) is 10.8 Å². The molecule has 8 heteroatoms. The lowest BCUT2D eigenvalue weighted by atomic mass is 9.91. The number of nitrogens with two attached hydrogens (primary N) is 1. The minimum Gasteiger partial charge on any atom is -0.381 e. The molecule has 2 heterocycles. The van der Waals surface area contributed by atoms with Gasteiger partial charge in [0, 0.05) is 17.1 Å². The van der Waals surface area contributed by atoms with Crippen molar-refractivity contribution in [3.05, 3.63) is 11.6 Å². The highest BCUT2D eigenvalue weighted by molar-refractivity contribution is 7.89. The second kappa shape index (κ2) is 5.34. The van der Waals surface area contributed by atoms with Crippen LogP contribution in [0.5, 0.6) is 0 Å². The van der Waals surface area contributed by atoms with Gasteiger partial charge in [0.2, 0.25) is 0 Å². The standard InChI is InChI=1S/C12H20N4O2S2/c1-4-12(5-2,6-3)15-20(17,18)10-9(13)14-11-16(10)7-8-19-11/h7-8,15H,4-6,13H2,1-3H3. The Morgan fingerprint density at radius 3 is 2.50 bits per heavy atom. The molecule has 0 amide bonds. The number of rotatable bonds is 6. The molecule has 2 rings (SSSR count). The Morgan fingerprint density at radius 2 is 1.95 bits per heavy atom. The van der Waals surface area contributed by atoms with Crippen molar-refractivity contribution in [3.8, 4) is 0 Å². The number of sulfonamides is 1. The number of anilines is 1. The lowest BCUT2D eigenvalue weighted by Crippen LogP contribution is -2.47. The molecule has 0 aliphatic carbocycles. The van der Waals surface area contributed by atoms with E-state index in [4.69, 9.17) is 5.73 Å². The summed E-state index contributed by atoms with van der Waals surface area (Å²) in [5.74, 6) is 0.0431. The Labute approximate surface area is 123 Å². The van der Waals surface area contributed by atoms with Gasteiger partial charge in [-0.3, -0.25) is 4.40 Å². The van der Waals surface area contributed by atoms with Crippen molar-refractivity contribution >= 4 is 32.1 Å². The maximum Gasteiger partial charge on any atom is 0.260 e. The third kappa shape index (κ3) is 2.43. The number of hydrogen-bond donors (Lipinski definition) is 2. The fraction of sp³-hybridized carbons (Fsp3) is 0.583. The van der Waals surface area contributed by atoms with E-state index in [9.17, 15) is 8.42 Å². The van der Waals surface area contributed by atoms with E-state index in [1.165, 1.54) is 15.7 Å². The Morgan fingerprint density at radius 1 is 1.35 bits per heavy atom.